The molecule has 1 aromatic heterocycles. The number of amides is 1. The molecule has 0 bridgehead atoms. The van der Waals surface area contributed by atoms with Gasteiger partial charge in [0.25, 0.3) is 5.91 Å². The van der Waals surface area contributed by atoms with E-state index in [2.05, 4.69) is 40.2 Å². The maximum Gasteiger partial charge on any atom is 0.252 e. The standard InChI is InChI=1S/C22H25ClN4OS/c1-2-16-6-5-9-19-20(16)25-22(29-19)27-14-12-26(13-15-27)11-10-24-21(28)17-7-3-4-8-18(17)23/h3-9H,2,10-15H2,1H3,(H,24,28). The van der Waals surface area contributed by atoms with Crippen molar-refractivity contribution in [3.05, 3.63) is 58.6 Å². The van der Waals surface area contributed by atoms with Crippen molar-refractivity contribution < 1.29 is 4.79 Å². The van der Waals surface area contributed by atoms with Gasteiger partial charge in [0.15, 0.2) is 5.13 Å². The molecule has 0 aliphatic carbocycles. The third-order valence-electron chi connectivity index (χ3n) is 5.35. The molecule has 0 atom stereocenters. The van der Waals surface area contributed by atoms with Crippen LogP contribution in [0.15, 0.2) is 42.5 Å². The predicted octanol–water partition coefficient (Wildman–Crippen LogP) is 4.06. The van der Waals surface area contributed by atoms with E-state index >= 15 is 0 Å². The zero-order valence-electron chi connectivity index (χ0n) is 16.5. The van der Waals surface area contributed by atoms with Crippen molar-refractivity contribution in [3.8, 4) is 0 Å². The number of para-hydroxylation sites is 1. The Morgan fingerprint density at radius 2 is 1.93 bits per heavy atom. The van der Waals surface area contributed by atoms with E-state index in [1.165, 1.54) is 10.3 Å². The van der Waals surface area contributed by atoms with Crippen molar-refractivity contribution in [2.45, 2.75) is 13.3 Å². The molecule has 7 heteroatoms. The van der Waals surface area contributed by atoms with Crippen LogP contribution in [0.25, 0.3) is 10.2 Å². The van der Waals surface area contributed by atoms with Crippen molar-refractivity contribution in [2.24, 2.45) is 0 Å². The van der Waals surface area contributed by atoms with Gasteiger partial charge in [0.2, 0.25) is 0 Å². The molecule has 1 fully saturated rings. The van der Waals surface area contributed by atoms with Gasteiger partial charge in [0.05, 0.1) is 20.8 Å². The highest BCUT2D eigenvalue weighted by Gasteiger charge is 2.20. The zero-order valence-corrected chi connectivity index (χ0v) is 18.1. The number of nitrogens with zero attached hydrogens (tertiary/aromatic N) is 3. The number of carbonyl (C=O) groups is 1. The molecule has 4 rings (SSSR count). The Bertz CT molecular complexity index is 997. The number of rotatable bonds is 6. The van der Waals surface area contributed by atoms with Gasteiger partial charge in [0.1, 0.15) is 0 Å². The Morgan fingerprint density at radius 3 is 2.69 bits per heavy atom. The van der Waals surface area contributed by atoms with E-state index in [9.17, 15) is 4.79 Å². The van der Waals surface area contributed by atoms with Crippen LogP contribution in [-0.4, -0.2) is 55.1 Å². The van der Waals surface area contributed by atoms with Crippen molar-refractivity contribution in [1.82, 2.24) is 15.2 Å². The second kappa shape index (κ2) is 9.11. The number of halogens is 1. The summed E-state index contributed by atoms with van der Waals surface area (Å²) in [6, 6.07) is 13.6. The lowest BCUT2D eigenvalue weighted by molar-refractivity contribution is 0.0948. The number of nitrogens with one attached hydrogen (secondary N) is 1. The fourth-order valence-corrected chi connectivity index (χ4v) is 4.93. The van der Waals surface area contributed by atoms with Crippen LogP contribution < -0.4 is 10.2 Å². The fraction of sp³-hybridized carbons (Fsp3) is 0.364. The smallest absolute Gasteiger partial charge is 0.252 e. The number of benzene rings is 2. The van der Waals surface area contributed by atoms with E-state index in [4.69, 9.17) is 16.6 Å². The number of hydrogen-bond donors (Lipinski definition) is 1. The lowest BCUT2D eigenvalue weighted by Gasteiger charge is -2.34. The molecular formula is C22H25ClN4OS. The Hall–Kier alpha value is -2.15. The molecular weight excluding hydrogens is 404 g/mol. The number of aromatic nitrogens is 1. The monoisotopic (exact) mass is 428 g/mol. The molecule has 1 aliphatic rings. The first-order valence-electron chi connectivity index (χ1n) is 10.0. The summed E-state index contributed by atoms with van der Waals surface area (Å²) < 4.78 is 1.27. The maximum atomic E-state index is 12.3. The molecule has 0 saturated carbocycles. The van der Waals surface area contributed by atoms with Crippen molar-refractivity contribution in [3.63, 3.8) is 0 Å². The first-order chi connectivity index (χ1) is 14.2. The zero-order chi connectivity index (χ0) is 20.2. The summed E-state index contributed by atoms with van der Waals surface area (Å²) in [4.78, 5) is 21.9. The van der Waals surface area contributed by atoms with Gasteiger partial charge in [-0.05, 0) is 30.2 Å². The van der Waals surface area contributed by atoms with Crippen LogP contribution in [-0.2, 0) is 6.42 Å². The summed E-state index contributed by atoms with van der Waals surface area (Å²) in [6.45, 7) is 7.49. The highest BCUT2D eigenvalue weighted by Crippen LogP contribution is 2.31. The van der Waals surface area contributed by atoms with E-state index in [0.717, 1.165) is 49.8 Å². The van der Waals surface area contributed by atoms with Crippen LogP contribution in [0.5, 0.6) is 0 Å². The SMILES string of the molecule is CCc1cccc2sc(N3CCN(CCNC(=O)c4ccccc4Cl)CC3)nc12. The average molecular weight is 429 g/mol. The molecule has 0 spiro atoms. The number of fused-ring (bicyclic) bond motifs is 1. The highest BCUT2D eigenvalue weighted by molar-refractivity contribution is 7.22. The number of aryl methyl sites for hydroxylation is 1. The topological polar surface area (TPSA) is 48.5 Å². The lowest BCUT2D eigenvalue weighted by atomic mass is 10.1. The minimum Gasteiger partial charge on any atom is -0.351 e. The minimum absolute atomic E-state index is 0.115. The largest absolute Gasteiger partial charge is 0.351 e. The summed E-state index contributed by atoms with van der Waals surface area (Å²) in [5, 5.41) is 4.58. The number of thiazole rings is 1. The summed E-state index contributed by atoms with van der Waals surface area (Å²) >= 11 is 7.87. The summed E-state index contributed by atoms with van der Waals surface area (Å²) in [6.07, 6.45) is 1.01. The Balaban J connectivity index is 1.28. The molecule has 3 aromatic rings. The predicted molar refractivity (Wildman–Crippen MR) is 121 cm³/mol. The van der Waals surface area contributed by atoms with Gasteiger partial charge in [-0.15, -0.1) is 0 Å². The first-order valence-corrected chi connectivity index (χ1v) is 11.2. The summed E-state index contributed by atoms with van der Waals surface area (Å²) in [7, 11) is 0. The van der Waals surface area contributed by atoms with Crippen LogP contribution in [0, 0.1) is 0 Å². The van der Waals surface area contributed by atoms with E-state index < -0.39 is 0 Å². The second-order valence-electron chi connectivity index (χ2n) is 7.18. The Morgan fingerprint density at radius 1 is 1.14 bits per heavy atom. The van der Waals surface area contributed by atoms with Gasteiger partial charge in [-0.2, -0.15) is 0 Å². The Labute approximate surface area is 180 Å². The highest BCUT2D eigenvalue weighted by atomic mass is 35.5. The van der Waals surface area contributed by atoms with Crippen molar-refractivity contribution in [2.75, 3.05) is 44.2 Å². The van der Waals surface area contributed by atoms with Gasteiger partial charge in [0, 0.05) is 39.3 Å². The van der Waals surface area contributed by atoms with Crippen LogP contribution in [0.4, 0.5) is 5.13 Å². The number of hydrogen-bond acceptors (Lipinski definition) is 5. The summed E-state index contributed by atoms with van der Waals surface area (Å²) in [5.41, 5.74) is 3.00. The lowest BCUT2D eigenvalue weighted by Crippen LogP contribution is -2.48. The minimum atomic E-state index is -0.115. The first kappa shape index (κ1) is 20.1. The third kappa shape index (κ3) is 4.55. The molecule has 1 saturated heterocycles. The molecule has 1 amide bonds. The van der Waals surface area contributed by atoms with Crippen LogP contribution in [0.1, 0.15) is 22.8 Å². The van der Waals surface area contributed by atoms with Crippen LogP contribution >= 0.6 is 22.9 Å². The van der Waals surface area contributed by atoms with Gasteiger partial charge >= 0.3 is 0 Å². The van der Waals surface area contributed by atoms with Crippen molar-refractivity contribution in [1.29, 1.82) is 0 Å². The molecule has 152 valence electrons. The van der Waals surface area contributed by atoms with Gasteiger partial charge in [-0.25, -0.2) is 4.98 Å². The average Bonchev–Trinajstić information content (AvgIpc) is 3.19. The van der Waals surface area contributed by atoms with Gasteiger partial charge in [-0.3, -0.25) is 9.69 Å². The maximum absolute atomic E-state index is 12.3. The second-order valence-corrected chi connectivity index (χ2v) is 8.59. The number of anilines is 1. The van der Waals surface area contributed by atoms with Crippen molar-refractivity contribution >= 4 is 44.2 Å². The molecule has 29 heavy (non-hydrogen) atoms. The molecule has 0 unspecified atom stereocenters. The molecule has 2 aromatic carbocycles. The number of carbonyl (C=O) groups excluding carboxylic acids is 1. The quantitative estimate of drug-likeness (QED) is 0.643. The van der Waals surface area contributed by atoms with Crippen LogP contribution in [0.2, 0.25) is 5.02 Å². The molecule has 5 nitrogen and oxygen atoms in total. The van der Waals surface area contributed by atoms with Gasteiger partial charge < -0.3 is 10.2 Å². The summed E-state index contributed by atoms with van der Waals surface area (Å²) in [5.74, 6) is -0.115. The van der Waals surface area contributed by atoms with E-state index in [-0.39, 0.29) is 5.91 Å². The molecule has 0 radical (unpaired) electrons. The number of piperazine rings is 1. The van der Waals surface area contributed by atoms with E-state index in [1.807, 2.05) is 12.1 Å². The van der Waals surface area contributed by atoms with E-state index in [0.29, 0.717) is 17.1 Å². The third-order valence-corrected chi connectivity index (χ3v) is 6.76. The molecule has 1 aliphatic heterocycles. The molecule has 2 heterocycles. The Kier molecular flexibility index (Phi) is 6.33. The molecule has 1 N–H and O–H groups in total. The fourth-order valence-electron chi connectivity index (χ4n) is 3.65. The van der Waals surface area contributed by atoms with Crippen LogP contribution in [0.3, 0.4) is 0 Å². The van der Waals surface area contributed by atoms with E-state index in [1.54, 1.807) is 23.5 Å². The van der Waals surface area contributed by atoms with Gasteiger partial charge in [-0.1, -0.05) is 54.1 Å². The normalized spacial score (nSPS) is 15.0.